The third kappa shape index (κ3) is 6.13. The van der Waals surface area contributed by atoms with Crippen molar-refractivity contribution in [1.82, 2.24) is 9.80 Å². The van der Waals surface area contributed by atoms with Gasteiger partial charge < -0.3 is 19.1 Å². The maximum absolute atomic E-state index is 11.2. The monoisotopic (exact) mass is 516 g/mol. The molecule has 6 heteroatoms. The fourth-order valence-corrected chi connectivity index (χ4v) is 5.62. The number of carbonyl (C=O) groups excluding carboxylic acids is 1. The van der Waals surface area contributed by atoms with Crippen LogP contribution in [0, 0.1) is 5.92 Å². The summed E-state index contributed by atoms with van der Waals surface area (Å²) in [6.07, 6.45) is 2.95. The maximum atomic E-state index is 11.2. The molecule has 3 aromatic carbocycles. The first kappa shape index (κ1) is 27.5. The molecule has 2 aliphatic heterocycles. The molecule has 0 aromatic heterocycles. The Morgan fingerprint density at radius 1 is 0.816 bits per heavy atom. The van der Waals surface area contributed by atoms with Crippen LogP contribution < -0.4 is 14.2 Å². The van der Waals surface area contributed by atoms with Crippen molar-refractivity contribution in [3.05, 3.63) is 88.5 Å². The van der Waals surface area contributed by atoms with Gasteiger partial charge in [-0.05, 0) is 59.2 Å². The fraction of sp³-hybridized carbons (Fsp3) is 0.406. The van der Waals surface area contributed by atoms with Crippen LogP contribution in [0.1, 0.15) is 47.7 Å². The van der Waals surface area contributed by atoms with E-state index in [2.05, 4.69) is 55.1 Å². The van der Waals surface area contributed by atoms with E-state index in [9.17, 15) is 4.79 Å². The van der Waals surface area contributed by atoms with Gasteiger partial charge in [0.1, 0.15) is 5.75 Å². The van der Waals surface area contributed by atoms with Crippen molar-refractivity contribution in [1.29, 1.82) is 0 Å². The standard InChI is InChI=1S/C17H19NO.C15H21NO3/c1-19-17-9-5-4-8-16(17)13-18-11-10-14-6-2-3-7-15(14)12-18;1-10(2)15-12-8-14(19-4)13(18-3)7-11(12)5-6-16(15)9-17/h2-9H,10-13H2,1H3;7-10,15H,5-6H2,1-4H3. The number of rotatable bonds is 7. The first-order valence-corrected chi connectivity index (χ1v) is 13.4. The summed E-state index contributed by atoms with van der Waals surface area (Å²) >= 11 is 0. The highest BCUT2D eigenvalue weighted by Gasteiger charge is 2.30. The summed E-state index contributed by atoms with van der Waals surface area (Å²) in [5.41, 5.74) is 6.65. The number of benzene rings is 3. The molecule has 0 bridgehead atoms. The predicted octanol–water partition coefficient (Wildman–Crippen LogP) is 5.67. The number of nitrogens with zero attached hydrogens (tertiary/aromatic N) is 2. The van der Waals surface area contributed by atoms with Crippen LogP contribution in [0.3, 0.4) is 0 Å². The highest BCUT2D eigenvalue weighted by molar-refractivity contribution is 5.55. The van der Waals surface area contributed by atoms with Crippen LogP contribution >= 0.6 is 0 Å². The molecule has 0 spiro atoms. The average Bonchev–Trinajstić information content (AvgIpc) is 2.96. The number of methoxy groups -OCH3 is 3. The molecule has 3 aromatic rings. The molecule has 2 heterocycles. The Balaban J connectivity index is 0.000000177. The SMILES string of the molecule is COc1cc2c(cc1OC)C(C(C)C)N(C=O)CC2.COc1ccccc1CN1CCc2ccccc2C1. The minimum atomic E-state index is 0.112. The van der Waals surface area contributed by atoms with Gasteiger partial charge in [-0.1, -0.05) is 56.3 Å². The van der Waals surface area contributed by atoms with Gasteiger partial charge in [0.2, 0.25) is 6.41 Å². The Kier molecular flexibility index (Phi) is 9.29. The molecule has 0 fully saturated rings. The van der Waals surface area contributed by atoms with E-state index in [1.54, 1.807) is 21.3 Å². The average molecular weight is 517 g/mol. The number of carbonyl (C=O) groups is 1. The van der Waals surface area contributed by atoms with Crippen molar-refractivity contribution in [3.8, 4) is 17.2 Å². The van der Waals surface area contributed by atoms with Crippen molar-refractivity contribution >= 4 is 6.41 Å². The van der Waals surface area contributed by atoms with E-state index in [-0.39, 0.29) is 6.04 Å². The lowest BCUT2D eigenvalue weighted by atomic mass is 9.86. The summed E-state index contributed by atoms with van der Waals surface area (Å²) in [7, 11) is 5.02. The van der Waals surface area contributed by atoms with Crippen LogP contribution in [0.2, 0.25) is 0 Å². The Bertz CT molecular complexity index is 1230. The topological polar surface area (TPSA) is 51.2 Å². The Hall–Kier alpha value is -3.51. The van der Waals surface area contributed by atoms with Gasteiger partial charge in [0, 0.05) is 31.7 Å². The lowest BCUT2D eigenvalue weighted by Gasteiger charge is -2.37. The van der Waals surface area contributed by atoms with Crippen molar-refractivity contribution in [2.75, 3.05) is 34.4 Å². The third-order valence-corrected chi connectivity index (χ3v) is 7.52. The van der Waals surface area contributed by atoms with Crippen LogP contribution in [0.4, 0.5) is 0 Å². The summed E-state index contributed by atoms with van der Waals surface area (Å²) in [5, 5.41) is 0. The number of fused-ring (bicyclic) bond motifs is 2. The van der Waals surface area contributed by atoms with Crippen molar-refractivity contribution in [2.24, 2.45) is 5.92 Å². The molecule has 38 heavy (non-hydrogen) atoms. The second-order valence-corrected chi connectivity index (χ2v) is 10.2. The zero-order valence-electron chi connectivity index (χ0n) is 23.3. The highest BCUT2D eigenvalue weighted by Crippen LogP contribution is 2.40. The molecule has 1 atom stereocenters. The van der Waals surface area contributed by atoms with E-state index in [1.165, 1.54) is 27.8 Å². The molecular weight excluding hydrogens is 476 g/mol. The predicted molar refractivity (Wildman–Crippen MR) is 151 cm³/mol. The fourth-order valence-electron chi connectivity index (χ4n) is 5.62. The maximum Gasteiger partial charge on any atom is 0.210 e. The first-order chi connectivity index (χ1) is 18.5. The van der Waals surface area contributed by atoms with Crippen LogP contribution in [-0.4, -0.2) is 50.6 Å². The second kappa shape index (κ2) is 12.8. The van der Waals surface area contributed by atoms with E-state index >= 15 is 0 Å². The van der Waals surface area contributed by atoms with E-state index in [0.717, 1.165) is 62.7 Å². The smallest absolute Gasteiger partial charge is 0.210 e. The van der Waals surface area contributed by atoms with Crippen molar-refractivity contribution in [2.45, 2.75) is 45.8 Å². The van der Waals surface area contributed by atoms with Gasteiger partial charge in [-0.15, -0.1) is 0 Å². The normalized spacial score (nSPS) is 16.6. The number of ether oxygens (including phenoxy) is 3. The first-order valence-electron chi connectivity index (χ1n) is 13.4. The molecular formula is C32H40N2O4. The summed E-state index contributed by atoms with van der Waals surface area (Å²) in [5.74, 6) is 2.83. The molecule has 1 unspecified atom stereocenters. The van der Waals surface area contributed by atoms with E-state index in [1.807, 2.05) is 29.2 Å². The molecule has 0 radical (unpaired) electrons. The highest BCUT2D eigenvalue weighted by atomic mass is 16.5. The van der Waals surface area contributed by atoms with Crippen molar-refractivity contribution < 1.29 is 19.0 Å². The van der Waals surface area contributed by atoms with E-state index < -0.39 is 0 Å². The van der Waals surface area contributed by atoms with Crippen LogP contribution in [0.15, 0.2) is 60.7 Å². The van der Waals surface area contributed by atoms with Gasteiger partial charge in [-0.3, -0.25) is 9.69 Å². The zero-order chi connectivity index (χ0) is 27.1. The lowest BCUT2D eigenvalue weighted by molar-refractivity contribution is -0.121. The second-order valence-electron chi connectivity index (χ2n) is 10.2. The molecule has 0 saturated heterocycles. The molecule has 0 aliphatic carbocycles. The summed E-state index contributed by atoms with van der Waals surface area (Å²) < 4.78 is 16.1. The minimum Gasteiger partial charge on any atom is -0.496 e. The minimum absolute atomic E-state index is 0.112. The molecule has 1 amide bonds. The number of hydrogen-bond donors (Lipinski definition) is 0. The lowest BCUT2D eigenvalue weighted by Crippen LogP contribution is -2.37. The Morgan fingerprint density at radius 3 is 2.13 bits per heavy atom. The summed E-state index contributed by atoms with van der Waals surface area (Å²) in [6, 6.07) is 21.2. The number of amides is 1. The van der Waals surface area contributed by atoms with Crippen LogP contribution in [0.5, 0.6) is 17.2 Å². The molecule has 6 nitrogen and oxygen atoms in total. The largest absolute Gasteiger partial charge is 0.496 e. The molecule has 5 rings (SSSR count). The van der Waals surface area contributed by atoms with Crippen LogP contribution in [0.25, 0.3) is 0 Å². The van der Waals surface area contributed by atoms with Gasteiger partial charge in [0.15, 0.2) is 11.5 Å². The number of hydrogen-bond acceptors (Lipinski definition) is 5. The molecule has 202 valence electrons. The van der Waals surface area contributed by atoms with Crippen molar-refractivity contribution in [3.63, 3.8) is 0 Å². The zero-order valence-corrected chi connectivity index (χ0v) is 23.3. The molecule has 2 aliphatic rings. The third-order valence-electron chi connectivity index (χ3n) is 7.52. The summed E-state index contributed by atoms with van der Waals surface area (Å²) in [4.78, 5) is 15.6. The van der Waals surface area contributed by atoms with Gasteiger partial charge >= 0.3 is 0 Å². The van der Waals surface area contributed by atoms with E-state index in [4.69, 9.17) is 14.2 Å². The van der Waals surface area contributed by atoms with Crippen LogP contribution in [-0.2, 0) is 30.7 Å². The Labute approximate surface area is 227 Å². The van der Waals surface area contributed by atoms with Gasteiger partial charge in [-0.2, -0.15) is 0 Å². The molecule has 0 saturated carbocycles. The Morgan fingerprint density at radius 2 is 1.45 bits per heavy atom. The van der Waals surface area contributed by atoms with Gasteiger partial charge in [-0.25, -0.2) is 0 Å². The molecule has 0 N–H and O–H groups in total. The number of para-hydroxylation sites is 1. The van der Waals surface area contributed by atoms with Gasteiger partial charge in [0.25, 0.3) is 0 Å². The summed E-state index contributed by atoms with van der Waals surface area (Å²) in [6.45, 7) is 8.14. The van der Waals surface area contributed by atoms with E-state index in [0.29, 0.717) is 5.92 Å². The van der Waals surface area contributed by atoms with Gasteiger partial charge in [0.05, 0.1) is 27.4 Å². The quantitative estimate of drug-likeness (QED) is 0.379.